The van der Waals surface area contributed by atoms with Gasteiger partial charge in [-0.05, 0) is 130 Å². The van der Waals surface area contributed by atoms with Crippen LogP contribution in [0.4, 0.5) is 22.7 Å². The van der Waals surface area contributed by atoms with Crippen LogP contribution in [0, 0.1) is 0 Å². The van der Waals surface area contributed by atoms with E-state index in [0.29, 0.717) is 0 Å². The Kier molecular flexibility index (Phi) is 9.08. The molecule has 0 N–H and O–H groups in total. The third-order valence-corrected chi connectivity index (χ3v) is 10.7. The van der Waals surface area contributed by atoms with Gasteiger partial charge >= 0.3 is 0 Å². The Balaban J connectivity index is 0.000000146. The summed E-state index contributed by atoms with van der Waals surface area (Å²) < 4.78 is 0. The maximum absolute atomic E-state index is 4.86. The van der Waals surface area contributed by atoms with Crippen molar-refractivity contribution >= 4 is 101 Å². The summed E-state index contributed by atoms with van der Waals surface area (Å²) in [7, 11) is 0. The second kappa shape index (κ2) is 14.7. The molecule has 4 nitrogen and oxygen atoms in total. The van der Waals surface area contributed by atoms with Crippen molar-refractivity contribution in [1.29, 1.82) is 0 Å². The quantitative estimate of drug-likeness (QED) is 0.160. The molecule has 0 atom stereocenters. The zero-order chi connectivity index (χ0) is 38.2. The SMILES string of the molecule is CC1=Nc2ccccc2N=C(C)C1=Cc1c2ccccc2cc2ccccc12.CC1=Nc2ccccc2N=C(C)C1=Cc1c2ccccc2cc2ccccc12. The predicted molar refractivity (Wildman–Crippen MR) is 243 cm³/mol. The van der Waals surface area contributed by atoms with Crippen molar-refractivity contribution in [3.63, 3.8) is 0 Å². The lowest BCUT2D eigenvalue weighted by Gasteiger charge is -2.11. The third-order valence-electron chi connectivity index (χ3n) is 10.7. The van der Waals surface area contributed by atoms with Gasteiger partial charge in [0.05, 0.1) is 22.7 Å². The van der Waals surface area contributed by atoms with Crippen molar-refractivity contribution in [2.45, 2.75) is 27.7 Å². The summed E-state index contributed by atoms with van der Waals surface area (Å²) in [5.74, 6) is 0. The summed E-state index contributed by atoms with van der Waals surface area (Å²) in [6, 6.07) is 54.9. The second-order valence-electron chi connectivity index (χ2n) is 14.3. The first-order valence-corrected chi connectivity index (χ1v) is 19.1. The van der Waals surface area contributed by atoms with Crippen LogP contribution in [0.3, 0.4) is 0 Å². The van der Waals surface area contributed by atoms with Gasteiger partial charge in [-0.1, -0.05) is 121 Å². The van der Waals surface area contributed by atoms with Gasteiger partial charge in [0, 0.05) is 34.0 Å². The maximum Gasteiger partial charge on any atom is 0.0889 e. The van der Waals surface area contributed by atoms with Gasteiger partial charge in [0.1, 0.15) is 0 Å². The Labute approximate surface area is 327 Å². The molecule has 2 aliphatic rings. The molecule has 0 spiro atoms. The molecule has 0 unspecified atom stereocenters. The summed E-state index contributed by atoms with van der Waals surface area (Å²) in [6.07, 6.45) is 4.52. The fourth-order valence-corrected chi connectivity index (χ4v) is 7.91. The zero-order valence-corrected chi connectivity index (χ0v) is 32.0. The summed E-state index contributed by atoms with van der Waals surface area (Å²) in [5, 5.41) is 9.96. The van der Waals surface area contributed by atoms with Crippen LogP contribution < -0.4 is 0 Å². The summed E-state index contributed by atoms with van der Waals surface area (Å²) in [6.45, 7) is 8.28. The molecule has 8 aromatic carbocycles. The molecule has 0 fully saturated rings. The van der Waals surface area contributed by atoms with E-state index >= 15 is 0 Å². The van der Waals surface area contributed by atoms with Crippen LogP contribution in [0.2, 0.25) is 0 Å². The topological polar surface area (TPSA) is 49.4 Å². The van der Waals surface area contributed by atoms with Gasteiger partial charge in [-0.15, -0.1) is 0 Å². The maximum atomic E-state index is 4.86. The molecule has 0 saturated heterocycles. The molecule has 56 heavy (non-hydrogen) atoms. The molecule has 0 amide bonds. The molecule has 0 saturated carbocycles. The average molecular weight is 721 g/mol. The van der Waals surface area contributed by atoms with Gasteiger partial charge in [0.25, 0.3) is 0 Å². The number of rotatable bonds is 2. The van der Waals surface area contributed by atoms with Crippen LogP contribution in [-0.2, 0) is 0 Å². The highest BCUT2D eigenvalue weighted by Crippen LogP contribution is 2.36. The normalized spacial score (nSPS) is 13.7. The predicted octanol–water partition coefficient (Wildman–Crippen LogP) is 14.5. The average Bonchev–Trinajstić information content (AvgIpc) is 3.42. The first-order chi connectivity index (χ1) is 27.4. The van der Waals surface area contributed by atoms with Crippen molar-refractivity contribution in [3.8, 4) is 0 Å². The van der Waals surface area contributed by atoms with Crippen molar-refractivity contribution < 1.29 is 0 Å². The van der Waals surface area contributed by atoms with Gasteiger partial charge in [-0.2, -0.15) is 0 Å². The molecule has 2 aliphatic heterocycles. The standard InChI is InChI=1S/2C26H20N2/c2*1-17-23(18(2)28-26-14-8-7-13-25(26)27-17)16-24-21-11-5-3-9-19(21)15-20-10-4-6-12-22(20)24/h2*3-16H,1-2H3. The highest BCUT2D eigenvalue weighted by atomic mass is 14.9. The molecule has 4 heteroatoms. The van der Waals surface area contributed by atoms with Crippen molar-refractivity contribution in [2.75, 3.05) is 0 Å². The fraction of sp³-hybridized carbons (Fsp3) is 0.0769. The molecule has 8 aromatic rings. The molecule has 268 valence electrons. The van der Waals surface area contributed by atoms with E-state index in [1.807, 2.05) is 48.5 Å². The molecule has 0 aliphatic carbocycles. The molecular formula is C52H40N4. The van der Waals surface area contributed by atoms with E-state index in [1.165, 1.54) is 54.2 Å². The molecule has 2 heterocycles. The van der Waals surface area contributed by atoms with E-state index in [-0.39, 0.29) is 0 Å². The van der Waals surface area contributed by atoms with Gasteiger partial charge in [0.2, 0.25) is 0 Å². The largest absolute Gasteiger partial charge is 0.251 e. The molecule has 0 bridgehead atoms. The number of allylic oxidation sites excluding steroid dienone is 2. The van der Waals surface area contributed by atoms with Crippen LogP contribution in [0.1, 0.15) is 38.8 Å². The molecule has 0 radical (unpaired) electrons. The highest BCUT2D eigenvalue weighted by molar-refractivity contribution is 6.30. The first-order valence-electron chi connectivity index (χ1n) is 19.1. The van der Waals surface area contributed by atoms with E-state index in [0.717, 1.165) is 56.7 Å². The van der Waals surface area contributed by atoms with Crippen LogP contribution in [0.25, 0.3) is 55.2 Å². The minimum atomic E-state index is 0.922. The van der Waals surface area contributed by atoms with Gasteiger partial charge in [-0.25, -0.2) is 0 Å². The van der Waals surface area contributed by atoms with E-state index in [9.17, 15) is 0 Å². The molecule has 0 aromatic heterocycles. The Morgan fingerprint density at radius 2 is 0.536 bits per heavy atom. The second-order valence-corrected chi connectivity index (χ2v) is 14.3. The van der Waals surface area contributed by atoms with E-state index < -0.39 is 0 Å². The lowest BCUT2D eigenvalue weighted by molar-refractivity contribution is 1.45. The van der Waals surface area contributed by atoms with Gasteiger partial charge in [0.15, 0.2) is 0 Å². The lowest BCUT2D eigenvalue weighted by atomic mass is 9.93. The monoisotopic (exact) mass is 720 g/mol. The first kappa shape index (κ1) is 34.7. The molecular weight excluding hydrogens is 681 g/mol. The number of hydrogen-bond acceptors (Lipinski definition) is 4. The minimum absolute atomic E-state index is 0.922. The highest BCUT2D eigenvalue weighted by Gasteiger charge is 2.17. The zero-order valence-electron chi connectivity index (χ0n) is 32.0. The number of nitrogens with zero attached hydrogens (tertiary/aromatic N) is 4. The fourth-order valence-electron chi connectivity index (χ4n) is 7.91. The van der Waals surface area contributed by atoms with Crippen molar-refractivity contribution in [3.05, 3.63) is 180 Å². The van der Waals surface area contributed by atoms with Crippen molar-refractivity contribution in [1.82, 2.24) is 0 Å². The number of hydrogen-bond donors (Lipinski definition) is 0. The van der Waals surface area contributed by atoms with Gasteiger partial charge in [-0.3, -0.25) is 20.0 Å². The number of fused-ring (bicyclic) bond motifs is 6. The number of benzene rings is 8. The van der Waals surface area contributed by atoms with Crippen LogP contribution >= 0.6 is 0 Å². The number of aliphatic imine (C=N–C) groups is 4. The summed E-state index contributed by atoms with van der Waals surface area (Å²) in [4.78, 5) is 19.4. The summed E-state index contributed by atoms with van der Waals surface area (Å²) in [5.41, 5.74) is 12.2. The van der Waals surface area contributed by atoms with Crippen LogP contribution in [0.15, 0.2) is 189 Å². The lowest BCUT2D eigenvalue weighted by Crippen LogP contribution is -2.05. The third kappa shape index (κ3) is 6.56. The van der Waals surface area contributed by atoms with E-state index in [2.05, 4.69) is 149 Å². The number of para-hydroxylation sites is 4. The minimum Gasteiger partial charge on any atom is -0.251 e. The summed E-state index contributed by atoms with van der Waals surface area (Å²) >= 11 is 0. The van der Waals surface area contributed by atoms with Gasteiger partial charge < -0.3 is 0 Å². The van der Waals surface area contributed by atoms with Crippen molar-refractivity contribution in [2.24, 2.45) is 20.0 Å². The van der Waals surface area contributed by atoms with Crippen LogP contribution in [0.5, 0.6) is 0 Å². The smallest absolute Gasteiger partial charge is 0.0889 e. The Bertz CT molecular complexity index is 2660. The van der Waals surface area contributed by atoms with E-state index in [1.54, 1.807) is 0 Å². The van der Waals surface area contributed by atoms with Crippen LogP contribution in [-0.4, -0.2) is 22.8 Å². The Morgan fingerprint density at radius 3 is 0.804 bits per heavy atom. The Hall–Kier alpha value is -7.04. The Morgan fingerprint density at radius 1 is 0.304 bits per heavy atom. The van der Waals surface area contributed by atoms with E-state index in [4.69, 9.17) is 20.0 Å². The molecule has 10 rings (SSSR count).